The molecular formula is C21H23ClF3N5O2S. The Bertz CT molecular complexity index is 983. The highest BCUT2D eigenvalue weighted by molar-refractivity contribution is 7.99. The molecule has 7 nitrogen and oxygen atoms in total. The standard InChI is InChI=1S/C21H23ClF3N5O2S/c22-17-13-18(29-8-10-32-11-9-29)27-20(26-17)33-14-19(31)30-6-4-28(5-7-30)16-3-1-2-15(12-16)21(23,24)25/h1-3,12-13H,4-11,14H2. The molecule has 178 valence electrons. The molecule has 1 amide bonds. The number of rotatable bonds is 5. The van der Waals surface area contributed by atoms with Gasteiger partial charge in [0.15, 0.2) is 5.16 Å². The van der Waals surface area contributed by atoms with Crippen molar-refractivity contribution in [3.63, 3.8) is 0 Å². The van der Waals surface area contributed by atoms with Gasteiger partial charge >= 0.3 is 6.18 Å². The second kappa shape index (κ2) is 10.4. The number of thioether (sulfide) groups is 1. The molecule has 0 radical (unpaired) electrons. The smallest absolute Gasteiger partial charge is 0.378 e. The van der Waals surface area contributed by atoms with Gasteiger partial charge in [-0.25, -0.2) is 9.97 Å². The van der Waals surface area contributed by atoms with Gasteiger partial charge in [0.2, 0.25) is 5.91 Å². The van der Waals surface area contributed by atoms with Gasteiger partial charge in [-0.2, -0.15) is 13.2 Å². The number of carbonyl (C=O) groups excluding carboxylic acids is 1. The summed E-state index contributed by atoms with van der Waals surface area (Å²) in [4.78, 5) is 27.1. The third kappa shape index (κ3) is 6.21. The molecule has 2 fully saturated rings. The van der Waals surface area contributed by atoms with Crippen molar-refractivity contribution in [2.24, 2.45) is 0 Å². The first-order chi connectivity index (χ1) is 15.8. The average Bonchev–Trinajstić information content (AvgIpc) is 2.82. The first-order valence-corrected chi connectivity index (χ1v) is 11.9. The predicted octanol–water partition coefficient (Wildman–Crippen LogP) is 3.43. The number of morpholine rings is 1. The minimum Gasteiger partial charge on any atom is -0.378 e. The molecule has 12 heteroatoms. The van der Waals surface area contributed by atoms with E-state index in [9.17, 15) is 18.0 Å². The lowest BCUT2D eigenvalue weighted by Crippen LogP contribution is -2.49. The third-order valence-electron chi connectivity index (χ3n) is 5.49. The second-order valence-electron chi connectivity index (χ2n) is 7.64. The van der Waals surface area contributed by atoms with E-state index in [2.05, 4.69) is 14.9 Å². The number of ether oxygens (including phenoxy) is 1. The van der Waals surface area contributed by atoms with Gasteiger partial charge in [0.1, 0.15) is 11.0 Å². The molecular weight excluding hydrogens is 479 g/mol. The minimum absolute atomic E-state index is 0.0693. The quantitative estimate of drug-likeness (QED) is 0.353. The summed E-state index contributed by atoms with van der Waals surface area (Å²) in [6.45, 7) is 4.47. The summed E-state index contributed by atoms with van der Waals surface area (Å²) < 4.78 is 44.3. The highest BCUT2D eigenvalue weighted by Gasteiger charge is 2.31. The lowest BCUT2D eigenvalue weighted by molar-refractivity contribution is -0.137. The first-order valence-electron chi connectivity index (χ1n) is 10.5. The van der Waals surface area contributed by atoms with E-state index in [0.29, 0.717) is 74.3 Å². The molecule has 1 aromatic heterocycles. The number of halogens is 4. The Morgan fingerprint density at radius 2 is 1.76 bits per heavy atom. The SMILES string of the molecule is O=C(CSc1nc(Cl)cc(N2CCOCC2)n1)N1CCN(c2cccc(C(F)(F)F)c2)CC1. The van der Waals surface area contributed by atoms with Gasteiger partial charge in [0.05, 0.1) is 24.5 Å². The summed E-state index contributed by atoms with van der Waals surface area (Å²) in [7, 11) is 0. The van der Waals surface area contributed by atoms with Gasteiger partial charge in [-0.15, -0.1) is 0 Å². The van der Waals surface area contributed by atoms with Crippen LogP contribution < -0.4 is 9.80 Å². The molecule has 2 aliphatic heterocycles. The Labute approximate surface area is 198 Å². The normalized spacial score (nSPS) is 17.4. The molecule has 2 aromatic rings. The van der Waals surface area contributed by atoms with E-state index < -0.39 is 11.7 Å². The first kappa shape index (κ1) is 23.9. The predicted molar refractivity (Wildman–Crippen MR) is 121 cm³/mol. The van der Waals surface area contributed by atoms with Gasteiger partial charge in [-0.05, 0) is 18.2 Å². The van der Waals surface area contributed by atoms with Gasteiger partial charge in [0, 0.05) is 51.0 Å². The van der Waals surface area contributed by atoms with Crippen LogP contribution in [0.2, 0.25) is 5.15 Å². The zero-order valence-electron chi connectivity index (χ0n) is 17.7. The molecule has 0 unspecified atom stereocenters. The number of nitrogens with zero attached hydrogens (tertiary/aromatic N) is 5. The molecule has 2 aliphatic rings. The van der Waals surface area contributed by atoms with Crippen LogP contribution in [0, 0.1) is 0 Å². The molecule has 3 heterocycles. The summed E-state index contributed by atoms with van der Waals surface area (Å²) in [6.07, 6.45) is -4.38. The lowest BCUT2D eigenvalue weighted by atomic mass is 10.1. The summed E-state index contributed by atoms with van der Waals surface area (Å²) in [5, 5.41) is 0.746. The molecule has 4 rings (SSSR count). The van der Waals surface area contributed by atoms with Crippen molar-refractivity contribution in [1.29, 1.82) is 0 Å². The molecule has 0 saturated carbocycles. The van der Waals surface area contributed by atoms with E-state index in [-0.39, 0.29) is 11.7 Å². The van der Waals surface area contributed by atoms with E-state index in [1.165, 1.54) is 17.8 Å². The number of benzene rings is 1. The highest BCUT2D eigenvalue weighted by Crippen LogP contribution is 2.32. The van der Waals surface area contributed by atoms with Crippen LogP contribution in [0.15, 0.2) is 35.5 Å². The number of carbonyl (C=O) groups is 1. The summed E-state index contributed by atoms with van der Waals surface area (Å²) in [6, 6.07) is 6.97. The van der Waals surface area contributed by atoms with Gasteiger partial charge in [-0.3, -0.25) is 4.79 Å². The topological polar surface area (TPSA) is 61.8 Å². The van der Waals surface area contributed by atoms with Crippen LogP contribution in [0.25, 0.3) is 0 Å². The fourth-order valence-corrected chi connectivity index (χ4v) is 4.70. The van der Waals surface area contributed by atoms with Crippen molar-refractivity contribution in [2.75, 3.05) is 68.0 Å². The second-order valence-corrected chi connectivity index (χ2v) is 8.97. The fraction of sp³-hybridized carbons (Fsp3) is 0.476. The molecule has 0 aliphatic carbocycles. The van der Waals surface area contributed by atoms with Crippen molar-refractivity contribution in [1.82, 2.24) is 14.9 Å². The Hall–Kier alpha value is -2.24. The van der Waals surface area contributed by atoms with Crippen molar-refractivity contribution in [3.05, 3.63) is 41.0 Å². The molecule has 0 N–H and O–H groups in total. The van der Waals surface area contributed by atoms with Crippen LogP contribution in [-0.4, -0.2) is 79.0 Å². The summed E-state index contributed by atoms with van der Waals surface area (Å²) in [5.74, 6) is 0.801. The monoisotopic (exact) mass is 501 g/mol. The average molecular weight is 502 g/mol. The van der Waals surface area contributed by atoms with Crippen LogP contribution in [0.5, 0.6) is 0 Å². The Morgan fingerprint density at radius 1 is 1.03 bits per heavy atom. The van der Waals surface area contributed by atoms with Crippen LogP contribution in [-0.2, 0) is 15.7 Å². The van der Waals surface area contributed by atoms with Crippen molar-refractivity contribution in [3.8, 4) is 0 Å². The largest absolute Gasteiger partial charge is 0.416 e. The van der Waals surface area contributed by atoms with Crippen molar-refractivity contribution in [2.45, 2.75) is 11.3 Å². The number of amides is 1. The molecule has 2 saturated heterocycles. The van der Waals surface area contributed by atoms with Crippen molar-refractivity contribution >= 4 is 40.8 Å². The Balaban J connectivity index is 1.31. The van der Waals surface area contributed by atoms with Crippen LogP contribution >= 0.6 is 23.4 Å². The van der Waals surface area contributed by atoms with Crippen LogP contribution in [0.4, 0.5) is 24.7 Å². The molecule has 1 aromatic carbocycles. The maximum Gasteiger partial charge on any atom is 0.416 e. The highest BCUT2D eigenvalue weighted by atomic mass is 35.5. The van der Waals surface area contributed by atoms with E-state index in [4.69, 9.17) is 16.3 Å². The fourth-order valence-electron chi connectivity index (χ4n) is 3.71. The number of hydrogen-bond donors (Lipinski definition) is 0. The van der Waals surface area contributed by atoms with Gasteiger partial charge in [-0.1, -0.05) is 29.4 Å². The number of alkyl halides is 3. The summed E-state index contributed by atoms with van der Waals surface area (Å²) >= 11 is 7.38. The summed E-state index contributed by atoms with van der Waals surface area (Å²) in [5.41, 5.74) is -0.165. The minimum atomic E-state index is -4.38. The zero-order valence-corrected chi connectivity index (χ0v) is 19.3. The third-order valence-corrected chi connectivity index (χ3v) is 6.52. The molecule has 0 spiro atoms. The van der Waals surface area contributed by atoms with E-state index in [1.807, 2.05) is 4.90 Å². The lowest BCUT2D eigenvalue weighted by Gasteiger charge is -2.36. The molecule has 33 heavy (non-hydrogen) atoms. The van der Waals surface area contributed by atoms with Gasteiger partial charge in [0.25, 0.3) is 0 Å². The van der Waals surface area contributed by atoms with E-state index >= 15 is 0 Å². The van der Waals surface area contributed by atoms with Crippen LogP contribution in [0.3, 0.4) is 0 Å². The molecule has 0 atom stereocenters. The zero-order chi connectivity index (χ0) is 23.4. The maximum absolute atomic E-state index is 13.0. The van der Waals surface area contributed by atoms with E-state index in [0.717, 1.165) is 12.1 Å². The van der Waals surface area contributed by atoms with Crippen LogP contribution in [0.1, 0.15) is 5.56 Å². The number of anilines is 2. The maximum atomic E-state index is 13.0. The van der Waals surface area contributed by atoms with E-state index in [1.54, 1.807) is 17.0 Å². The molecule has 0 bridgehead atoms. The van der Waals surface area contributed by atoms with Gasteiger partial charge < -0.3 is 19.4 Å². The van der Waals surface area contributed by atoms with Crippen molar-refractivity contribution < 1.29 is 22.7 Å². The number of piperazine rings is 1. The Kier molecular flexibility index (Phi) is 7.50. The Morgan fingerprint density at radius 3 is 2.45 bits per heavy atom. The number of hydrogen-bond acceptors (Lipinski definition) is 7. The number of aromatic nitrogens is 2.